The number of carbonyl (C=O) groups is 3. The highest BCUT2D eigenvalue weighted by Crippen LogP contribution is 2.32. The van der Waals surface area contributed by atoms with Gasteiger partial charge in [-0.15, -0.1) is 11.3 Å². The molecule has 0 aliphatic carbocycles. The van der Waals surface area contributed by atoms with Gasteiger partial charge in [-0.1, -0.05) is 0 Å². The number of likely N-dealkylation sites (tertiary alicyclic amines) is 1. The molecule has 8 heteroatoms. The second-order valence-corrected chi connectivity index (χ2v) is 6.28. The number of carboxylic acid groups (broad SMARTS) is 1. The Labute approximate surface area is 125 Å². The van der Waals surface area contributed by atoms with Gasteiger partial charge >= 0.3 is 12.0 Å². The van der Waals surface area contributed by atoms with E-state index in [0.717, 1.165) is 4.88 Å². The van der Waals surface area contributed by atoms with E-state index in [2.05, 4.69) is 5.32 Å². The van der Waals surface area contributed by atoms with Crippen molar-refractivity contribution in [1.29, 1.82) is 0 Å². The van der Waals surface area contributed by atoms with E-state index in [1.807, 2.05) is 0 Å². The van der Waals surface area contributed by atoms with Crippen LogP contribution in [-0.4, -0.2) is 41.0 Å². The van der Waals surface area contributed by atoms with E-state index in [9.17, 15) is 19.5 Å². The molecule has 2 heterocycles. The van der Waals surface area contributed by atoms with Crippen LogP contribution in [0.15, 0.2) is 0 Å². The van der Waals surface area contributed by atoms with E-state index in [0.29, 0.717) is 23.5 Å². The van der Waals surface area contributed by atoms with Crippen LogP contribution in [-0.2, 0) is 4.79 Å². The molecule has 0 saturated carbocycles. The van der Waals surface area contributed by atoms with E-state index >= 15 is 0 Å². The van der Waals surface area contributed by atoms with E-state index in [-0.39, 0.29) is 18.0 Å². The Kier molecular flexibility index (Phi) is 4.17. The highest BCUT2D eigenvalue weighted by molar-refractivity contribution is 7.16. The maximum Gasteiger partial charge on any atom is 0.338 e. The molecule has 1 unspecified atom stereocenters. The lowest BCUT2D eigenvalue weighted by Crippen LogP contribution is -2.35. The fourth-order valence-electron chi connectivity index (χ4n) is 2.33. The number of anilines is 1. The number of thiophene rings is 1. The van der Waals surface area contributed by atoms with Gasteiger partial charge in [0.2, 0.25) is 5.91 Å². The van der Waals surface area contributed by atoms with Crippen LogP contribution >= 0.6 is 11.3 Å². The van der Waals surface area contributed by atoms with Gasteiger partial charge in [0, 0.05) is 18.0 Å². The molecule has 1 atom stereocenters. The molecule has 1 saturated heterocycles. The minimum absolute atomic E-state index is 0.122. The summed E-state index contributed by atoms with van der Waals surface area (Å²) in [4.78, 5) is 36.9. The third kappa shape index (κ3) is 2.99. The number of carboxylic acids is 1. The molecule has 1 aliphatic heterocycles. The number of rotatable bonds is 3. The Balaban J connectivity index is 2.12. The number of nitrogens with one attached hydrogen (secondary N) is 1. The Bertz CT molecular complexity index is 611. The zero-order valence-corrected chi connectivity index (χ0v) is 12.6. The van der Waals surface area contributed by atoms with Crippen molar-refractivity contribution < 1.29 is 19.5 Å². The summed E-state index contributed by atoms with van der Waals surface area (Å²) in [6, 6.07) is -0.400. The van der Waals surface area contributed by atoms with Crippen LogP contribution in [0.3, 0.4) is 0 Å². The van der Waals surface area contributed by atoms with Crippen LogP contribution in [0.4, 0.5) is 9.80 Å². The lowest BCUT2D eigenvalue weighted by Gasteiger charge is -2.16. The van der Waals surface area contributed by atoms with Crippen molar-refractivity contribution in [1.82, 2.24) is 4.90 Å². The van der Waals surface area contributed by atoms with Gasteiger partial charge in [0.15, 0.2) is 0 Å². The average molecular weight is 311 g/mol. The molecule has 0 spiro atoms. The predicted molar refractivity (Wildman–Crippen MR) is 78.6 cm³/mol. The molecule has 1 fully saturated rings. The molecular formula is C13H17N3O4S. The van der Waals surface area contributed by atoms with Crippen LogP contribution in [0.1, 0.15) is 27.2 Å². The first-order valence-electron chi connectivity index (χ1n) is 6.49. The first-order valence-corrected chi connectivity index (χ1v) is 7.31. The molecular weight excluding hydrogens is 294 g/mol. The number of nitrogens with two attached hydrogens (primary N) is 1. The van der Waals surface area contributed by atoms with Crippen molar-refractivity contribution in [3.63, 3.8) is 0 Å². The van der Waals surface area contributed by atoms with Crippen LogP contribution in [0, 0.1) is 19.8 Å². The van der Waals surface area contributed by atoms with Gasteiger partial charge < -0.3 is 15.7 Å². The van der Waals surface area contributed by atoms with Gasteiger partial charge in [0.25, 0.3) is 0 Å². The molecule has 0 aromatic carbocycles. The number of aryl methyl sites for hydroxylation is 1. The molecule has 7 nitrogen and oxygen atoms in total. The highest BCUT2D eigenvalue weighted by atomic mass is 32.1. The summed E-state index contributed by atoms with van der Waals surface area (Å²) in [7, 11) is 0. The van der Waals surface area contributed by atoms with Crippen LogP contribution < -0.4 is 11.1 Å². The summed E-state index contributed by atoms with van der Waals surface area (Å²) < 4.78 is 0. The molecule has 0 radical (unpaired) electrons. The third-order valence-electron chi connectivity index (χ3n) is 3.70. The number of nitrogens with zero attached hydrogens (tertiary/aromatic N) is 1. The lowest BCUT2D eigenvalue weighted by atomic mass is 10.1. The quantitative estimate of drug-likeness (QED) is 0.783. The van der Waals surface area contributed by atoms with Crippen molar-refractivity contribution in [2.24, 2.45) is 11.7 Å². The normalized spacial score (nSPS) is 17.8. The van der Waals surface area contributed by atoms with E-state index in [1.54, 1.807) is 13.8 Å². The molecule has 1 aromatic heterocycles. The van der Waals surface area contributed by atoms with Gasteiger partial charge in [-0.25, -0.2) is 9.59 Å². The summed E-state index contributed by atoms with van der Waals surface area (Å²) in [5.74, 6) is -1.82. The van der Waals surface area contributed by atoms with Crippen LogP contribution in [0.25, 0.3) is 0 Å². The summed E-state index contributed by atoms with van der Waals surface area (Å²) in [6.45, 7) is 4.23. The Hall–Kier alpha value is -2.09. The molecule has 1 aromatic rings. The second-order valence-electron chi connectivity index (χ2n) is 5.06. The number of hydrogen-bond acceptors (Lipinski definition) is 4. The number of hydrogen-bond donors (Lipinski definition) is 3. The molecule has 4 N–H and O–H groups in total. The predicted octanol–water partition coefficient (Wildman–Crippen LogP) is 1.40. The standard InChI is InChI=1S/C13H17N3O4S/c1-6-7(2)21-11(9(6)12(18)19)15-13(20)16-4-3-8(5-16)10(14)17/h8H,3-5H2,1-2H3,(H2,14,17)(H,15,20)(H,18,19). The van der Waals surface area contributed by atoms with Gasteiger partial charge in [-0.05, 0) is 25.8 Å². The van der Waals surface area contributed by atoms with Crippen molar-refractivity contribution in [2.45, 2.75) is 20.3 Å². The Morgan fingerprint density at radius 1 is 1.38 bits per heavy atom. The maximum atomic E-state index is 12.2. The van der Waals surface area contributed by atoms with Gasteiger partial charge in [-0.3, -0.25) is 10.1 Å². The number of primary amides is 1. The SMILES string of the molecule is Cc1sc(NC(=O)N2CCC(C(N)=O)C2)c(C(=O)O)c1C. The van der Waals surface area contributed by atoms with Crippen molar-refractivity contribution in [3.05, 3.63) is 16.0 Å². The molecule has 114 valence electrons. The minimum Gasteiger partial charge on any atom is -0.478 e. The van der Waals surface area contributed by atoms with Gasteiger partial charge in [0.05, 0.1) is 11.5 Å². The molecule has 0 bridgehead atoms. The Morgan fingerprint density at radius 3 is 2.57 bits per heavy atom. The topological polar surface area (TPSA) is 113 Å². The van der Waals surface area contributed by atoms with Crippen molar-refractivity contribution in [3.8, 4) is 0 Å². The highest BCUT2D eigenvalue weighted by Gasteiger charge is 2.30. The largest absolute Gasteiger partial charge is 0.478 e. The van der Waals surface area contributed by atoms with E-state index in [4.69, 9.17) is 5.73 Å². The number of aromatic carboxylic acids is 1. The van der Waals surface area contributed by atoms with Gasteiger partial charge in [0.1, 0.15) is 5.00 Å². The van der Waals surface area contributed by atoms with Crippen molar-refractivity contribution in [2.75, 3.05) is 18.4 Å². The fourth-order valence-corrected chi connectivity index (χ4v) is 3.37. The summed E-state index contributed by atoms with van der Waals surface area (Å²) in [5, 5.41) is 12.2. The number of amides is 3. The zero-order valence-electron chi connectivity index (χ0n) is 11.8. The van der Waals surface area contributed by atoms with Crippen molar-refractivity contribution >= 4 is 34.2 Å². The fraction of sp³-hybridized carbons (Fsp3) is 0.462. The second kappa shape index (κ2) is 5.72. The Morgan fingerprint density at radius 2 is 2.05 bits per heavy atom. The summed E-state index contributed by atoms with van der Waals surface area (Å²) in [5.41, 5.74) is 6.00. The summed E-state index contributed by atoms with van der Waals surface area (Å²) >= 11 is 1.23. The molecule has 1 aliphatic rings. The minimum atomic E-state index is -1.07. The average Bonchev–Trinajstić information content (AvgIpc) is 2.96. The maximum absolute atomic E-state index is 12.2. The zero-order chi connectivity index (χ0) is 15.7. The molecule has 2 rings (SSSR count). The molecule has 3 amide bonds. The number of urea groups is 1. The van der Waals surface area contributed by atoms with E-state index in [1.165, 1.54) is 16.2 Å². The third-order valence-corrected chi connectivity index (χ3v) is 4.82. The first kappa shape index (κ1) is 15.3. The lowest BCUT2D eigenvalue weighted by molar-refractivity contribution is -0.121. The smallest absolute Gasteiger partial charge is 0.338 e. The van der Waals surface area contributed by atoms with Crippen LogP contribution in [0.2, 0.25) is 0 Å². The number of carbonyl (C=O) groups excluding carboxylic acids is 2. The first-order chi connectivity index (χ1) is 9.81. The van der Waals surface area contributed by atoms with Crippen LogP contribution in [0.5, 0.6) is 0 Å². The van der Waals surface area contributed by atoms with Gasteiger partial charge in [-0.2, -0.15) is 0 Å². The monoisotopic (exact) mass is 311 g/mol. The van der Waals surface area contributed by atoms with E-state index < -0.39 is 17.9 Å². The summed E-state index contributed by atoms with van der Waals surface area (Å²) in [6.07, 6.45) is 0.539. The molecule has 21 heavy (non-hydrogen) atoms.